The SMILES string of the molecule is Cl.O=C(CCC1CCCN1)NCCOCC(F)(F)F. The lowest BCUT2D eigenvalue weighted by Gasteiger charge is -2.10. The Labute approximate surface area is 116 Å². The maximum atomic E-state index is 11.7. The third-order valence-electron chi connectivity index (χ3n) is 2.72. The van der Waals surface area contributed by atoms with Crippen LogP contribution in [0.3, 0.4) is 0 Å². The topological polar surface area (TPSA) is 50.4 Å². The maximum Gasteiger partial charge on any atom is 0.411 e. The smallest absolute Gasteiger partial charge is 0.370 e. The molecule has 0 aromatic carbocycles. The number of carbonyl (C=O) groups is 1. The fourth-order valence-electron chi connectivity index (χ4n) is 1.85. The van der Waals surface area contributed by atoms with Gasteiger partial charge in [-0.05, 0) is 25.8 Å². The lowest BCUT2D eigenvalue weighted by atomic mass is 10.1. The van der Waals surface area contributed by atoms with E-state index in [1.807, 2.05) is 0 Å². The summed E-state index contributed by atoms with van der Waals surface area (Å²) in [6.45, 7) is -0.271. The molecule has 1 unspecified atom stereocenters. The van der Waals surface area contributed by atoms with Gasteiger partial charge in [0, 0.05) is 19.0 Å². The molecule has 1 heterocycles. The second-order valence-corrected chi connectivity index (χ2v) is 4.35. The highest BCUT2D eigenvalue weighted by molar-refractivity contribution is 5.85. The van der Waals surface area contributed by atoms with Crippen molar-refractivity contribution in [2.45, 2.75) is 37.9 Å². The van der Waals surface area contributed by atoms with E-state index in [0.717, 1.165) is 25.8 Å². The minimum Gasteiger partial charge on any atom is -0.370 e. The Morgan fingerprint density at radius 1 is 1.42 bits per heavy atom. The lowest BCUT2D eigenvalue weighted by molar-refractivity contribution is -0.173. The van der Waals surface area contributed by atoms with Crippen LogP contribution in [0.15, 0.2) is 0 Å². The highest BCUT2D eigenvalue weighted by Gasteiger charge is 2.27. The molecule has 1 aliphatic heterocycles. The molecule has 1 amide bonds. The number of halogens is 4. The molecule has 19 heavy (non-hydrogen) atoms. The first kappa shape index (κ1) is 18.5. The first-order valence-electron chi connectivity index (χ1n) is 6.12. The third kappa shape index (κ3) is 9.98. The monoisotopic (exact) mass is 304 g/mol. The molecule has 1 fully saturated rings. The number of rotatable bonds is 7. The predicted molar refractivity (Wildman–Crippen MR) is 67.4 cm³/mol. The van der Waals surface area contributed by atoms with Gasteiger partial charge in [0.2, 0.25) is 5.91 Å². The quantitative estimate of drug-likeness (QED) is 0.703. The summed E-state index contributed by atoms with van der Waals surface area (Å²) >= 11 is 0. The largest absolute Gasteiger partial charge is 0.411 e. The van der Waals surface area contributed by atoms with Gasteiger partial charge in [-0.2, -0.15) is 13.2 Å². The van der Waals surface area contributed by atoms with Gasteiger partial charge in [-0.3, -0.25) is 4.79 Å². The lowest BCUT2D eigenvalue weighted by Crippen LogP contribution is -2.30. The molecular formula is C11H20ClF3N2O2. The summed E-state index contributed by atoms with van der Waals surface area (Å²) in [5, 5.41) is 5.81. The summed E-state index contributed by atoms with van der Waals surface area (Å²) in [5.41, 5.74) is 0. The second-order valence-electron chi connectivity index (χ2n) is 4.35. The summed E-state index contributed by atoms with van der Waals surface area (Å²) in [5.74, 6) is -0.140. The van der Waals surface area contributed by atoms with Crippen LogP contribution in [0.1, 0.15) is 25.7 Å². The van der Waals surface area contributed by atoms with Crippen molar-refractivity contribution in [1.29, 1.82) is 0 Å². The molecule has 8 heteroatoms. The summed E-state index contributed by atoms with van der Waals surface area (Å²) in [6, 6.07) is 0.400. The van der Waals surface area contributed by atoms with Gasteiger partial charge in [-0.1, -0.05) is 0 Å². The number of alkyl halides is 3. The van der Waals surface area contributed by atoms with Crippen LogP contribution in [-0.2, 0) is 9.53 Å². The molecule has 1 aliphatic rings. The average molecular weight is 305 g/mol. The average Bonchev–Trinajstić information content (AvgIpc) is 2.77. The summed E-state index contributed by atoms with van der Waals surface area (Å²) in [7, 11) is 0. The number of hydrogen-bond acceptors (Lipinski definition) is 3. The predicted octanol–water partition coefficient (Wildman–Crippen LogP) is 1.64. The van der Waals surface area contributed by atoms with E-state index in [2.05, 4.69) is 15.4 Å². The highest BCUT2D eigenvalue weighted by Crippen LogP contribution is 2.14. The van der Waals surface area contributed by atoms with Gasteiger partial charge < -0.3 is 15.4 Å². The van der Waals surface area contributed by atoms with Gasteiger partial charge in [0.1, 0.15) is 6.61 Å². The molecule has 0 aromatic heterocycles. The Morgan fingerprint density at radius 3 is 2.74 bits per heavy atom. The maximum absolute atomic E-state index is 11.7. The zero-order valence-electron chi connectivity index (χ0n) is 10.6. The number of amides is 1. The highest BCUT2D eigenvalue weighted by atomic mass is 35.5. The number of nitrogens with one attached hydrogen (secondary N) is 2. The molecule has 0 aliphatic carbocycles. The minimum absolute atomic E-state index is 0. The van der Waals surface area contributed by atoms with Gasteiger partial charge in [0.25, 0.3) is 0 Å². The van der Waals surface area contributed by atoms with Crippen molar-refractivity contribution in [2.24, 2.45) is 0 Å². The molecule has 0 saturated carbocycles. The van der Waals surface area contributed by atoms with E-state index < -0.39 is 12.8 Å². The molecule has 1 saturated heterocycles. The molecule has 114 valence electrons. The third-order valence-corrected chi connectivity index (χ3v) is 2.72. The van der Waals surface area contributed by atoms with Crippen molar-refractivity contribution in [3.05, 3.63) is 0 Å². The molecule has 0 spiro atoms. The Balaban J connectivity index is 0.00000324. The molecule has 0 radical (unpaired) electrons. The normalized spacial score (nSPS) is 19.0. The molecule has 1 atom stereocenters. The fourth-order valence-corrected chi connectivity index (χ4v) is 1.85. The Bertz CT molecular complexity index is 259. The van der Waals surface area contributed by atoms with Crippen molar-refractivity contribution >= 4 is 18.3 Å². The molecule has 2 N–H and O–H groups in total. The zero-order valence-corrected chi connectivity index (χ0v) is 11.4. The van der Waals surface area contributed by atoms with E-state index in [-0.39, 0.29) is 31.5 Å². The van der Waals surface area contributed by atoms with E-state index >= 15 is 0 Å². The molecule has 1 rings (SSSR count). The van der Waals surface area contributed by atoms with Gasteiger partial charge in [0.15, 0.2) is 0 Å². The summed E-state index contributed by atoms with van der Waals surface area (Å²) in [6.07, 6.45) is -0.913. The molecular weight excluding hydrogens is 285 g/mol. The van der Waals surface area contributed by atoms with Crippen LogP contribution < -0.4 is 10.6 Å². The standard InChI is InChI=1S/C11H19F3N2O2.ClH/c12-11(13,14)8-18-7-6-16-10(17)4-3-9-2-1-5-15-9;/h9,15H,1-8H2,(H,16,17);1H. The van der Waals surface area contributed by atoms with Gasteiger partial charge >= 0.3 is 6.18 Å². The number of ether oxygens (including phenoxy) is 1. The Morgan fingerprint density at radius 2 is 2.16 bits per heavy atom. The number of carbonyl (C=O) groups excluding carboxylic acids is 1. The number of hydrogen-bond donors (Lipinski definition) is 2. The van der Waals surface area contributed by atoms with Crippen LogP contribution in [0.4, 0.5) is 13.2 Å². The van der Waals surface area contributed by atoms with Crippen LogP contribution >= 0.6 is 12.4 Å². The minimum atomic E-state index is -4.31. The van der Waals surface area contributed by atoms with E-state index in [4.69, 9.17) is 0 Å². The summed E-state index contributed by atoms with van der Waals surface area (Å²) < 4.78 is 39.5. The van der Waals surface area contributed by atoms with Gasteiger partial charge in [-0.25, -0.2) is 0 Å². The zero-order chi connectivity index (χ0) is 13.4. The Kier molecular flexibility index (Phi) is 9.12. The van der Waals surface area contributed by atoms with Crippen LogP contribution in [0.2, 0.25) is 0 Å². The first-order valence-corrected chi connectivity index (χ1v) is 6.12. The molecule has 4 nitrogen and oxygen atoms in total. The first-order chi connectivity index (χ1) is 8.47. The van der Waals surface area contributed by atoms with Gasteiger partial charge in [0.05, 0.1) is 6.61 Å². The van der Waals surface area contributed by atoms with E-state index in [1.165, 1.54) is 0 Å². The second kappa shape index (κ2) is 9.39. The van der Waals surface area contributed by atoms with Crippen LogP contribution in [0.5, 0.6) is 0 Å². The molecule has 0 aromatic rings. The van der Waals surface area contributed by atoms with Crippen LogP contribution in [0, 0.1) is 0 Å². The Hall–Kier alpha value is -0.530. The van der Waals surface area contributed by atoms with Gasteiger partial charge in [-0.15, -0.1) is 12.4 Å². The van der Waals surface area contributed by atoms with Crippen LogP contribution in [0.25, 0.3) is 0 Å². The van der Waals surface area contributed by atoms with E-state index in [0.29, 0.717) is 12.5 Å². The van der Waals surface area contributed by atoms with E-state index in [1.54, 1.807) is 0 Å². The van der Waals surface area contributed by atoms with Crippen molar-refractivity contribution in [1.82, 2.24) is 10.6 Å². The van der Waals surface area contributed by atoms with Crippen LogP contribution in [-0.4, -0.2) is 44.4 Å². The van der Waals surface area contributed by atoms with Crippen molar-refractivity contribution in [3.63, 3.8) is 0 Å². The fraction of sp³-hybridized carbons (Fsp3) is 0.909. The van der Waals surface area contributed by atoms with Crippen molar-refractivity contribution in [2.75, 3.05) is 26.3 Å². The van der Waals surface area contributed by atoms with E-state index in [9.17, 15) is 18.0 Å². The molecule has 0 bridgehead atoms. The van der Waals surface area contributed by atoms with Crippen molar-refractivity contribution < 1.29 is 22.7 Å². The summed E-state index contributed by atoms with van der Waals surface area (Å²) in [4.78, 5) is 11.3. The van der Waals surface area contributed by atoms with Crippen molar-refractivity contribution in [3.8, 4) is 0 Å².